The maximum Gasteiger partial charge on any atom is 0.270 e. The Morgan fingerprint density at radius 1 is 1.86 bits per heavy atom. The number of carbonyl (C=O) groups excluding carboxylic acids is 1. The van der Waals surface area contributed by atoms with Crippen molar-refractivity contribution in [3.8, 4) is 11.8 Å². The third-order valence-corrected chi connectivity index (χ3v) is 1.48. The maximum atomic E-state index is 10.8. The summed E-state index contributed by atoms with van der Waals surface area (Å²) in [6, 6.07) is 0. The van der Waals surface area contributed by atoms with Gasteiger partial charge in [0.1, 0.15) is 5.69 Å². The van der Waals surface area contributed by atoms with E-state index in [0.29, 0.717) is 12.1 Å². The van der Waals surface area contributed by atoms with Gasteiger partial charge in [-0.3, -0.25) is 4.79 Å². The molecule has 1 amide bonds. The second kappa shape index (κ2) is 4.44. The Kier molecular flexibility index (Phi) is 3.26. The van der Waals surface area contributed by atoms with Crippen molar-refractivity contribution in [3.05, 3.63) is 17.7 Å². The average molecular weight is 193 g/mol. The van der Waals surface area contributed by atoms with E-state index >= 15 is 0 Å². The van der Waals surface area contributed by atoms with Gasteiger partial charge in [0.25, 0.3) is 5.91 Å². The molecule has 0 aliphatic heterocycles. The zero-order valence-electron chi connectivity index (χ0n) is 7.74. The molecule has 1 heterocycles. The summed E-state index contributed by atoms with van der Waals surface area (Å²) < 4.78 is 0. The second-order valence-corrected chi connectivity index (χ2v) is 2.85. The van der Waals surface area contributed by atoms with Gasteiger partial charge in [0.2, 0.25) is 0 Å². The van der Waals surface area contributed by atoms with Gasteiger partial charge in [-0.25, -0.2) is 4.98 Å². The van der Waals surface area contributed by atoms with E-state index in [1.807, 2.05) is 0 Å². The number of aliphatic hydroxyl groups excluding tert-OH is 1. The highest BCUT2D eigenvalue weighted by atomic mass is 16.3. The van der Waals surface area contributed by atoms with Gasteiger partial charge in [0.15, 0.2) is 5.69 Å². The fourth-order valence-corrected chi connectivity index (χ4v) is 0.864. The molecule has 0 radical (unpaired) electrons. The monoisotopic (exact) mass is 193 g/mol. The van der Waals surface area contributed by atoms with Crippen LogP contribution in [0.25, 0.3) is 0 Å². The molecular weight excluding hydrogens is 182 g/mol. The molecule has 14 heavy (non-hydrogen) atoms. The Hall–Kier alpha value is -1.80. The largest absolute Gasteiger partial charge is 0.392 e. The van der Waals surface area contributed by atoms with Crippen LogP contribution in [0, 0.1) is 11.8 Å². The number of nitrogens with one attached hydrogen (secondary N) is 1. The Labute approximate surface area is 81.3 Å². The van der Waals surface area contributed by atoms with Gasteiger partial charge >= 0.3 is 0 Å². The van der Waals surface area contributed by atoms with Crippen molar-refractivity contribution >= 4 is 5.91 Å². The van der Waals surface area contributed by atoms with Crippen molar-refractivity contribution in [1.82, 2.24) is 9.97 Å². The maximum absolute atomic E-state index is 10.8. The van der Waals surface area contributed by atoms with E-state index in [1.54, 1.807) is 6.92 Å². The number of aromatic amines is 1. The minimum absolute atomic E-state index is 0.128. The molecule has 1 rings (SSSR count). The molecule has 0 saturated carbocycles. The Bertz CT molecular complexity index is 384. The van der Waals surface area contributed by atoms with Crippen molar-refractivity contribution in [1.29, 1.82) is 0 Å². The highest BCUT2D eigenvalue weighted by Gasteiger charge is 2.08. The summed E-state index contributed by atoms with van der Waals surface area (Å²) in [6.07, 6.45) is 1.21. The minimum atomic E-state index is -0.618. The van der Waals surface area contributed by atoms with Crippen molar-refractivity contribution in [2.24, 2.45) is 5.73 Å². The molecule has 1 atom stereocenters. The van der Waals surface area contributed by atoms with Gasteiger partial charge in [0, 0.05) is 6.42 Å². The van der Waals surface area contributed by atoms with Crippen molar-refractivity contribution in [3.63, 3.8) is 0 Å². The molecule has 1 aromatic heterocycles. The minimum Gasteiger partial charge on any atom is -0.392 e. The molecule has 0 spiro atoms. The predicted octanol–water partition coefficient (Wildman–Crippen LogP) is -0.369. The first kappa shape index (κ1) is 10.3. The number of hydrogen-bond acceptors (Lipinski definition) is 3. The summed E-state index contributed by atoms with van der Waals surface area (Å²) >= 11 is 0. The highest BCUT2D eigenvalue weighted by molar-refractivity contribution is 5.92. The van der Waals surface area contributed by atoms with Gasteiger partial charge < -0.3 is 15.8 Å². The van der Waals surface area contributed by atoms with Crippen LogP contribution in [0.15, 0.2) is 6.33 Å². The first-order valence-corrected chi connectivity index (χ1v) is 4.11. The van der Waals surface area contributed by atoms with Crippen LogP contribution in [0.2, 0.25) is 0 Å². The van der Waals surface area contributed by atoms with E-state index in [2.05, 4.69) is 21.8 Å². The Morgan fingerprint density at radius 2 is 2.57 bits per heavy atom. The van der Waals surface area contributed by atoms with Crippen LogP contribution in [0.4, 0.5) is 0 Å². The Morgan fingerprint density at radius 3 is 3.14 bits per heavy atom. The van der Waals surface area contributed by atoms with Crippen LogP contribution in [0.3, 0.4) is 0 Å². The van der Waals surface area contributed by atoms with Gasteiger partial charge in [-0.1, -0.05) is 5.92 Å². The summed E-state index contributed by atoms with van der Waals surface area (Å²) in [6.45, 7) is 1.64. The third-order valence-electron chi connectivity index (χ3n) is 1.48. The normalized spacial score (nSPS) is 11.6. The third kappa shape index (κ3) is 2.61. The SMILES string of the molecule is CC(O)CC#Cc1[nH]cnc1C(N)=O. The summed E-state index contributed by atoms with van der Waals surface area (Å²) in [7, 11) is 0. The van der Waals surface area contributed by atoms with Gasteiger partial charge in [-0.15, -0.1) is 0 Å². The molecule has 1 unspecified atom stereocenters. The summed E-state index contributed by atoms with van der Waals surface area (Å²) in [5, 5.41) is 8.94. The molecule has 0 aromatic carbocycles. The summed E-state index contributed by atoms with van der Waals surface area (Å²) in [5.41, 5.74) is 5.57. The molecule has 0 aliphatic rings. The number of aliphatic hydroxyl groups is 1. The quantitative estimate of drug-likeness (QED) is 0.559. The van der Waals surface area contributed by atoms with Crippen LogP contribution < -0.4 is 5.73 Å². The van der Waals surface area contributed by atoms with E-state index in [-0.39, 0.29) is 5.69 Å². The van der Waals surface area contributed by atoms with Crippen molar-refractivity contribution in [2.75, 3.05) is 0 Å². The standard InChI is InChI=1S/C9H11N3O2/c1-6(13)3-2-4-7-8(9(10)14)12-5-11-7/h5-6,13H,3H2,1H3,(H2,10,14)(H,11,12). The number of nitrogens with two attached hydrogens (primary N) is 1. The van der Waals surface area contributed by atoms with Crippen molar-refractivity contribution < 1.29 is 9.90 Å². The van der Waals surface area contributed by atoms with Gasteiger partial charge in [-0.05, 0) is 12.8 Å². The number of amides is 1. The van der Waals surface area contributed by atoms with E-state index < -0.39 is 12.0 Å². The lowest BCUT2D eigenvalue weighted by Crippen LogP contribution is -2.13. The smallest absolute Gasteiger partial charge is 0.270 e. The van der Waals surface area contributed by atoms with Crippen LogP contribution in [-0.4, -0.2) is 27.1 Å². The lowest BCUT2D eigenvalue weighted by atomic mass is 10.2. The molecule has 1 aromatic rings. The number of primary amides is 1. The molecule has 5 nitrogen and oxygen atoms in total. The molecule has 74 valence electrons. The highest BCUT2D eigenvalue weighted by Crippen LogP contribution is 1.99. The molecule has 0 saturated heterocycles. The summed E-state index contributed by atoms with van der Waals surface area (Å²) in [5.74, 6) is 4.76. The predicted molar refractivity (Wildman–Crippen MR) is 50.3 cm³/mol. The second-order valence-electron chi connectivity index (χ2n) is 2.85. The van der Waals surface area contributed by atoms with E-state index in [1.165, 1.54) is 6.33 Å². The number of carbonyl (C=O) groups is 1. The molecule has 4 N–H and O–H groups in total. The lowest BCUT2D eigenvalue weighted by molar-refractivity contribution is 0.0996. The fourth-order valence-electron chi connectivity index (χ4n) is 0.864. The van der Waals surface area contributed by atoms with Crippen LogP contribution in [0.1, 0.15) is 29.5 Å². The number of rotatable bonds is 2. The summed E-state index contributed by atoms with van der Waals surface area (Å²) in [4.78, 5) is 17.2. The zero-order chi connectivity index (χ0) is 10.6. The first-order chi connectivity index (χ1) is 6.61. The number of aromatic nitrogens is 2. The number of nitrogens with zero attached hydrogens (tertiary/aromatic N) is 1. The topological polar surface area (TPSA) is 92.0 Å². The van der Waals surface area contributed by atoms with Gasteiger partial charge in [-0.2, -0.15) is 0 Å². The lowest BCUT2D eigenvalue weighted by Gasteiger charge is -1.92. The number of hydrogen-bond donors (Lipinski definition) is 3. The van der Waals surface area contributed by atoms with Crippen LogP contribution in [-0.2, 0) is 0 Å². The van der Waals surface area contributed by atoms with Gasteiger partial charge in [0.05, 0.1) is 12.4 Å². The molecular formula is C9H11N3O2. The fraction of sp³-hybridized carbons (Fsp3) is 0.333. The molecule has 0 bridgehead atoms. The van der Waals surface area contributed by atoms with Crippen molar-refractivity contribution in [2.45, 2.75) is 19.4 Å². The zero-order valence-corrected chi connectivity index (χ0v) is 7.74. The van der Waals surface area contributed by atoms with Crippen LogP contribution in [0.5, 0.6) is 0 Å². The first-order valence-electron chi connectivity index (χ1n) is 4.11. The number of imidazole rings is 1. The van der Waals surface area contributed by atoms with E-state index in [0.717, 1.165) is 0 Å². The molecule has 5 heteroatoms. The van der Waals surface area contributed by atoms with E-state index in [9.17, 15) is 4.79 Å². The van der Waals surface area contributed by atoms with Crippen LogP contribution >= 0.6 is 0 Å². The Balaban J connectivity index is 2.79. The average Bonchev–Trinajstić information content (AvgIpc) is 2.51. The van der Waals surface area contributed by atoms with E-state index in [4.69, 9.17) is 10.8 Å². The number of H-pyrrole nitrogens is 1. The molecule has 0 fully saturated rings. The molecule has 0 aliphatic carbocycles.